The summed E-state index contributed by atoms with van der Waals surface area (Å²) >= 11 is 0. The van der Waals surface area contributed by atoms with Gasteiger partial charge in [-0.15, -0.1) is 0 Å². The first kappa shape index (κ1) is 17.5. The number of benzene rings is 1. The number of rotatable bonds is 7. The lowest BCUT2D eigenvalue weighted by Crippen LogP contribution is -2.35. The molecule has 5 heteroatoms. The van der Waals surface area contributed by atoms with Crippen molar-refractivity contribution in [3.05, 3.63) is 35.9 Å². The molecule has 0 radical (unpaired) electrons. The molecule has 1 aliphatic heterocycles. The summed E-state index contributed by atoms with van der Waals surface area (Å²) < 4.78 is 10.5. The number of hydrogen-bond donors (Lipinski definition) is 1. The number of ether oxygens (including phenoxy) is 2. The number of carbonyl (C=O) groups excluding carboxylic acids is 2. The number of carbonyl (C=O) groups is 2. The fraction of sp³-hybridized carbons (Fsp3) is 0.556. The summed E-state index contributed by atoms with van der Waals surface area (Å²) in [6.07, 6.45) is 0.977. The number of esters is 2. The van der Waals surface area contributed by atoms with Crippen molar-refractivity contribution in [3.8, 4) is 0 Å². The topological polar surface area (TPSA) is 72.8 Å². The first-order valence-corrected chi connectivity index (χ1v) is 8.13. The molecule has 0 aliphatic carbocycles. The number of cyclic esters (lactones) is 1. The van der Waals surface area contributed by atoms with Gasteiger partial charge in [0.05, 0.1) is 11.8 Å². The van der Waals surface area contributed by atoms with E-state index < -0.39 is 36.0 Å². The molecule has 1 N–H and O–H groups in total. The Hall–Kier alpha value is -1.88. The van der Waals surface area contributed by atoms with Crippen molar-refractivity contribution in [2.45, 2.75) is 51.9 Å². The van der Waals surface area contributed by atoms with Gasteiger partial charge in [-0.1, -0.05) is 50.6 Å². The van der Waals surface area contributed by atoms with E-state index in [2.05, 4.69) is 0 Å². The molecular weight excluding hydrogens is 296 g/mol. The van der Waals surface area contributed by atoms with Crippen LogP contribution < -0.4 is 0 Å². The fourth-order valence-electron chi connectivity index (χ4n) is 2.81. The molecule has 4 atom stereocenters. The zero-order valence-electron chi connectivity index (χ0n) is 13.6. The fourth-order valence-corrected chi connectivity index (χ4v) is 2.81. The van der Waals surface area contributed by atoms with Crippen LogP contribution in [0.3, 0.4) is 0 Å². The molecule has 1 aliphatic rings. The highest BCUT2D eigenvalue weighted by Gasteiger charge is 2.48. The molecule has 1 heterocycles. The number of hydrogen-bond acceptors (Lipinski definition) is 5. The molecule has 5 nitrogen and oxygen atoms in total. The van der Waals surface area contributed by atoms with E-state index in [0.717, 1.165) is 18.4 Å². The summed E-state index contributed by atoms with van der Waals surface area (Å²) in [5.41, 5.74) is 0.878. The maximum Gasteiger partial charge on any atom is 0.312 e. The molecule has 1 aromatic rings. The summed E-state index contributed by atoms with van der Waals surface area (Å²) in [6.45, 7) is 3.79. The largest absolute Gasteiger partial charge is 0.461 e. The lowest BCUT2D eigenvalue weighted by molar-refractivity contribution is -0.157. The number of aliphatic hydroxyl groups is 1. The molecule has 0 saturated carbocycles. The second kappa shape index (κ2) is 8.11. The van der Waals surface area contributed by atoms with Gasteiger partial charge in [0.1, 0.15) is 18.8 Å². The molecule has 23 heavy (non-hydrogen) atoms. The number of unbranched alkanes of at least 4 members (excludes halogenated alkanes) is 1. The highest BCUT2D eigenvalue weighted by molar-refractivity contribution is 5.83. The van der Waals surface area contributed by atoms with Crippen LogP contribution in [0.1, 0.15) is 38.7 Å². The minimum Gasteiger partial charge on any atom is -0.461 e. The maximum absolute atomic E-state index is 12.2. The van der Waals surface area contributed by atoms with E-state index in [9.17, 15) is 14.7 Å². The molecule has 126 valence electrons. The van der Waals surface area contributed by atoms with E-state index in [0.29, 0.717) is 6.42 Å². The predicted molar refractivity (Wildman–Crippen MR) is 84.3 cm³/mol. The summed E-state index contributed by atoms with van der Waals surface area (Å²) in [5.74, 6) is -2.58. The maximum atomic E-state index is 12.2. The summed E-state index contributed by atoms with van der Waals surface area (Å²) in [4.78, 5) is 24.2. The van der Waals surface area contributed by atoms with Gasteiger partial charge in [0.15, 0.2) is 0 Å². The lowest BCUT2D eigenvalue weighted by Gasteiger charge is -2.19. The highest BCUT2D eigenvalue weighted by Crippen LogP contribution is 2.31. The monoisotopic (exact) mass is 320 g/mol. The third kappa shape index (κ3) is 4.32. The Bertz CT molecular complexity index is 527. The Morgan fingerprint density at radius 2 is 2.04 bits per heavy atom. The van der Waals surface area contributed by atoms with E-state index >= 15 is 0 Å². The van der Waals surface area contributed by atoms with Gasteiger partial charge in [-0.2, -0.15) is 0 Å². The molecule has 1 unspecified atom stereocenters. The summed E-state index contributed by atoms with van der Waals surface area (Å²) in [5, 5.41) is 10.3. The van der Waals surface area contributed by atoms with Gasteiger partial charge >= 0.3 is 11.9 Å². The van der Waals surface area contributed by atoms with E-state index in [1.165, 1.54) is 0 Å². The van der Waals surface area contributed by atoms with Crippen LogP contribution in [0.5, 0.6) is 0 Å². The Morgan fingerprint density at radius 1 is 1.35 bits per heavy atom. The number of aliphatic hydroxyl groups excluding tert-OH is 1. The van der Waals surface area contributed by atoms with Crippen LogP contribution in [0.2, 0.25) is 0 Å². The van der Waals surface area contributed by atoms with E-state index in [-0.39, 0.29) is 6.61 Å². The van der Waals surface area contributed by atoms with Gasteiger partial charge in [0.2, 0.25) is 0 Å². The van der Waals surface area contributed by atoms with Crippen molar-refractivity contribution in [2.24, 2.45) is 11.8 Å². The van der Waals surface area contributed by atoms with E-state index in [4.69, 9.17) is 9.47 Å². The third-order valence-electron chi connectivity index (χ3n) is 4.27. The minimum absolute atomic E-state index is 0.154. The first-order chi connectivity index (χ1) is 11.0. The zero-order valence-corrected chi connectivity index (χ0v) is 13.6. The van der Waals surface area contributed by atoms with Crippen molar-refractivity contribution in [2.75, 3.05) is 0 Å². The van der Waals surface area contributed by atoms with Crippen LogP contribution in [0.4, 0.5) is 0 Å². The SMILES string of the molecule is CCCC[C@@H]1OC(=O)[C@H](C(C)C(=O)OCc2ccccc2)[C@@H]1O. The van der Waals surface area contributed by atoms with Crippen molar-refractivity contribution in [3.63, 3.8) is 0 Å². The van der Waals surface area contributed by atoms with Gasteiger partial charge in [0, 0.05) is 0 Å². The van der Waals surface area contributed by atoms with Crippen molar-refractivity contribution in [1.29, 1.82) is 0 Å². The van der Waals surface area contributed by atoms with Gasteiger partial charge in [0.25, 0.3) is 0 Å². The van der Waals surface area contributed by atoms with E-state index in [1.54, 1.807) is 6.92 Å². The standard InChI is InChI=1S/C18H24O5/c1-3-4-10-14-16(19)15(18(21)23-14)12(2)17(20)22-11-13-8-6-5-7-9-13/h5-9,12,14-16,19H,3-4,10-11H2,1-2H3/t12?,14-,15+,16+/m0/s1. The molecule has 0 amide bonds. The van der Waals surface area contributed by atoms with Crippen molar-refractivity contribution in [1.82, 2.24) is 0 Å². The predicted octanol–water partition coefficient (Wildman–Crippen LogP) is 2.46. The second-order valence-corrected chi connectivity index (χ2v) is 6.02. The molecule has 2 rings (SSSR count). The average Bonchev–Trinajstić information content (AvgIpc) is 2.84. The van der Waals surface area contributed by atoms with E-state index in [1.807, 2.05) is 37.3 Å². The highest BCUT2D eigenvalue weighted by atomic mass is 16.6. The van der Waals surface area contributed by atoms with Crippen LogP contribution in [-0.4, -0.2) is 29.3 Å². The molecular formula is C18H24O5. The smallest absolute Gasteiger partial charge is 0.312 e. The van der Waals surface area contributed by atoms with Gasteiger partial charge in [-0.05, 0) is 18.4 Å². The van der Waals surface area contributed by atoms with Crippen molar-refractivity contribution < 1.29 is 24.2 Å². The van der Waals surface area contributed by atoms with Gasteiger partial charge in [-0.3, -0.25) is 9.59 Å². The Labute approximate surface area is 136 Å². The Balaban J connectivity index is 1.92. The van der Waals surface area contributed by atoms with Crippen LogP contribution in [0.15, 0.2) is 30.3 Å². The minimum atomic E-state index is -0.951. The second-order valence-electron chi connectivity index (χ2n) is 6.02. The van der Waals surface area contributed by atoms with Gasteiger partial charge in [-0.25, -0.2) is 0 Å². The molecule has 0 aromatic heterocycles. The molecule has 0 spiro atoms. The lowest BCUT2D eigenvalue weighted by atomic mass is 9.87. The van der Waals surface area contributed by atoms with Crippen LogP contribution in [-0.2, 0) is 25.7 Å². The molecule has 1 saturated heterocycles. The molecule has 1 aromatic carbocycles. The van der Waals surface area contributed by atoms with Crippen LogP contribution >= 0.6 is 0 Å². The molecule has 1 fully saturated rings. The van der Waals surface area contributed by atoms with Crippen LogP contribution in [0.25, 0.3) is 0 Å². The third-order valence-corrected chi connectivity index (χ3v) is 4.27. The zero-order chi connectivity index (χ0) is 16.8. The molecule has 0 bridgehead atoms. The Kier molecular flexibility index (Phi) is 6.16. The Morgan fingerprint density at radius 3 is 2.70 bits per heavy atom. The average molecular weight is 320 g/mol. The quantitative estimate of drug-likeness (QED) is 0.781. The van der Waals surface area contributed by atoms with Gasteiger partial charge < -0.3 is 14.6 Å². The summed E-state index contributed by atoms with van der Waals surface area (Å²) in [7, 11) is 0. The first-order valence-electron chi connectivity index (χ1n) is 8.13. The normalized spacial score (nSPS) is 25.0. The summed E-state index contributed by atoms with van der Waals surface area (Å²) in [6, 6.07) is 9.33. The van der Waals surface area contributed by atoms with Crippen LogP contribution in [0, 0.1) is 11.8 Å². The van der Waals surface area contributed by atoms with Crippen molar-refractivity contribution >= 4 is 11.9 Å².